The number of rotatable bonds is 4. The molecule has 2 rings (SSSR count). The van der Waals surface area contributed by atoms with Crippen molar-refractivity contribution in [1.29, 1.82) is 0 Å². The second-order valence-corrected chi connectivity index (χ2v) is 7.02. The molecular formula is C12H10BrN3O4S. The molecule has 0 spiro atoms. The highest BCUT2D eigenvalue weighted by molar-refractivity contribution is 9.10. The van der Waals surface area contributed by atoms with Gasteiger partial charge in [0.2, 0.25) is 0 Å². The second kappa shape index (κ2) is 5.78. The zero-order valence-electron chi connectivity index (χ0n) is 10.6. The Morgan fingerprint density at radius 2 is 2.05 bits per heavy atom. The minimum absolute atomic E-state index is 0.0113. The topological polar surface area (TPSA) is 116 Å². The highest BCUT2D eigenvalue weighted by atomic mass is 79.9. The second-order valence-electron chi connectivity index (χ2n) is 4.21. The zero-order valence-corrected chi connectivity index (χ0v) is 13.0. The van der Waals surface area contributed by atoms with Gasteiger partial charge in [0.1, 0.15) is 0 Å². The minimum Gasteiger partial charge on any atom is -0.396 e. The van der Waals surface area contributed by atoms with Crippen molar-refractivity contribution in [2.75, 3.05) is 5.73 Å². The fourth-order valence-electron chi connectivity index (χ4n) is 1.73. The highest BCUT2D eigenvalue weighted by Crippen LogP contribution is 2.28. The van der Waals surface area contributed by atoms with E-state index in [-0.39, 0.29) is 22.0 Å². The maximum atomic E-state index is 12.3. The zero-order chi connectivity index (χ0) is 15.6. The number of pyridine rings is 1. The Morgan fingerprint density at radius 3 is 2.62 bits per heavy atom. The largest absolute Gasteiger partial charge is 0.396 e. The normalized spacial score (nSPS) is 11.3. The first-order chi connectivity index (χ1) is 9.81. The van der Waals surface area contributed by atoms with Crippen molar-refractivity contribution < 1.29 is 13.3 Å². The molecule has 0 aliphatic carbocycles. The van der Waals surface area contributed by atoms with Crippen LogP contribution in [0.3, 0.4) is 0 Å². The first kappa shape index (κ1) is 15.4. The van der Waals surface area contributed by atoms with Crippen LogP contribution in [0.25, 0.3) is 0 Å². The fraction of sp³-hybridized carbons (Fsp3) is 0.0833. The van der Waals surface area contributed by atoms with E-state index in [0.29, 0.717) is 10.0 Å². The molecule has 0 unspecified atom stereocenters. The van der Waals surface area contributed by atoms with Crippen molar-refractivity contribution in [3.05, 3.63) is 56.8 Å². The van der Waals surface area contributed by atoms with Crippen LogP contribution in [0.5, 0.6) is 0 Å². The van der Waals surface area contributed by atoms with Crippen molar-refractivity contribution >= 4 is 37.1 Å². The van der Waals surface area contributed by atoms with Gasteiger partial charge in [-0.1, -0.05) is 22.0 Å². The molecule has 0 atom stereocenters. The Morgan fingerprint density at radius 1 is 1.33 bits per heavy atom. The Balaban J connectivity index is 2.38. The molecule has 0 amide bonds. The molecule has 2 N–H and O–H groups in total. The van der Waals surface area contributed by atoms with Gasteiger partial charge in [0.15, 0.2) is 9.84 Å². The smallest absolute Gasteiger partial charge is 0.270 e. The Labute approximate surface area is 129 Å². The minimum atomic E-state index is -3.66. The van der Waals surface area contributed by atoms with Crippen LogP contribution in [0.2, 0.25) is 0 Å². The number of hydrogen-bond acceptors (Lipinski definition) is 6. The Bertz CT molecular complexity index is 808. The van der Waals surface area contributed by atoms with Crippen LogP contribution in [0.15, 0.2) is 46.0 Å². The van der Waals surface area contributed by atoms with Crippen LogP contribution >= 0.6 is 15.9 Å². The summed E-state index contributed by atoms with van der Waals surface area (Å²) in [5.41, 5.74) is 5.98. The van der Waals surface area contributed by atoms with Crippen LogP contribution in [0.4, 0.5) is 11.4 Å². The molecule has 2 aromatic rings. The molecule has 0 bridgehead atoms. The lowest BCUT2D eigenvalue weighted by atomic mass is 10.2. The van der Waals surface area contributed by atoms with Crippen molar-refractivity contribution in [2.24, 2.45) is 0 Å². The number of anilines is 1. The molecule has 110 valence electrons. The molecule has 0 saturated heterocycles. The van der Waals surface area contributed by atoms with E-state index in [1.807, 2.05) is 0 Å². The number of aromatic nitrogens is 1. The average molecular weight is 372 g/mol. The summed E-state index contributed by atoms with van der Waals surface area (Å²) in [6, 6.07) is 5.24. The summed E-state index contributed by atoms with van der Waals surface area (Å²) in [7, 11) is -3.66. The van der Waals surface area contributed by atoms with Gasteiger partial charge in [-0.3, -0.25) is 15.1 Å². The van der Waals surface area contributed by atoms with Crippen LogP contribution in [-0.4, -0.2) is 18.3 Å². The van der Waals surface area contributed by atoms with Gasteiger partial charge in [-0.05, 0) is 11.6 Å². The average Bonchev–Trinajstić information content (AvgIpc) is 2.41. The number of benzene rings is 1. The molecule has 0 aliphatic rings. The monoisotopic (exact) mass is 371 g/mol. The van der Waals surface area contributed by atoms with Crippen LogP contribution in [-0.2, 0) is 15.6 Å². The number of halogens is 1. The van der Waals surface area contributed by atoms with E-state index >= 15 is 0 Å². The molecular weight excluding hydrogens is 362 g/mol. The third-order valence-corrected chi connectivity index (χ3v) is 5.21. The number of non-ortho nitro benzene ring substituents is 1. The Hall–Kier alpha value is -2.00. The van der Waals surface area contributed by atoms with Crippen molar-refractivity contribution in [2.45, 2.75) is 10.6 Å². The molecule has 0 fully saturated rings. The molecule has 1 heterocycles. The van der Waals surface area contributed by atoms with E-state index in [2.05, 4.69) is 20.9 Å². The lowest BCUT2D eigenvalue weighted by molar-refractivity contribution is -0.384. The summed E-state index contributed by atoms with van der Waals surface area (Å²) in [6.07, 6.45) is 2.60. The van der Waals surface area contributed by atoms with Gasteiger partial charge in [0, 0.05) is 22.8 Å². The quantitative estimate of drug-likeness (QED) is 0.650. The summed E-state index contributed by atoms with van der Waals surface area (Å²) < 4.78 is 25.0. The van der Waals surface area contributed by atoms with Gasteiger partial charge in [-0.2, -0.15) is 0 Å². The molecule has 0 radical (unpaired) electrons. The van der Waals surface area contributed by atoms with Crippen molar-refractivity contribution in [1.82, 2.24) is 4.98 Å². The van der Waals surface area contributed by atoms with Gasteiger partial charge in [-0.15, -0.1) is 0 Å². The maximum Gasteiger partial charge on any atom is 0.270 e. The van der Waals surface area contributed by atoms with Crippen LogP contribution < -0.4 is 5.73 Å². The predicted molar refractivity (Wildman–Crippen MR) is 80.3 cm³/mol. The fourth-order valence-corrected chi connectivity index (χ4v) is 3.92. The maximum absolute atomic E-state index is 12.3. The van der Waals surface area contributed by atoms with E-state index in [1.54, 1.807) is 0 Å². The molecule has 0 saturated carbocycles. The van der Waals surface area contributed by atoms with Gasteiger partial charge in [0.05, 0.1) is 27.5 Å². The molecule has 21 heavy (non-hydrogen) atoms. The number of nitro benzene ring substituents is 1. The van der Waals surface area contributed by atoms with Crippen molar-refractivity contribution in [3.63, 3.8) is 0 Å². The van der Waals surface area contributed by atoms with E-state index in [1.165, 1.54) is 36.7 Å². The summed E-state index contributed by atoms with van der Waals surface area (Å²) >= 11 is 3.15. The summed E-state index contributed by atoms with van der Waals surface area (Å²) in [5.74, 6) is -0.320. The van der Waals surface area contributed by atoms with Crippen molar-refractivity contribution in [3.8, 4) is 0 Å². The summed E-state index contributed by atoms with van der Waals surface area (Å²) in [4.78, 5) is 13.8. The number of nitrogens with zero attached hydrogens (tertiary/aromatic N) is 2. The number of nitrogen functional groups attached to an aromatic ring is 1. The van der Waals surface area contributed by atoms with E-state index < -0.39 is 14.8 Å². The van der Waals surface area contributed by atoms with Gasteiger partial charge >= 0.3 is 0 Å². The molecule has 7 nitrogen and oxygen atoms in total. The lowest BCUT2D eigenvalue weighted by Gasteiger charge is -2.08. The predicted octanol–water partition coefficient (Wildman–Crippen LogP) is 2.31. The summed E-state index contributed by atoms with van der Waals surface area (Å²) in [6.45, 7) is 0. The van der Waals surface area contributed by atoms with E-state index in [4.69, 9.17) is 5.73 Å². The SMILES string of the molecule is Nc1cnccc1S(=O)(=O)Cc1ccc([N+](=O)[O-])cc1Br. The third kappa shape index (κ3) is 3.37. The van der Waals surface area contributed by atoms with E-state index in [9.17, 15) is 18.5 Å². The van der Waals surface area contributed by atoms with Crippen LogP contribution in [0, 0.1) is 10.1 Å². The number of sulfone groups is 1. The lowest BCUT2D eigenvalue weighted by Crippen LogP contribution is -2.08. The van der Waals surface area contributed by atoms with Gasteiger partial charge in [-0.25, -0.2) is 8.42 Å². The van der Waals surface area contributed by atoms with Gasteiger partial charge < -0.3 is 5.73 Å². The van der Waals surface area contributed by atoms with Crippen LogP contribution in [0.1, 0.15) is 5.56 Å². The summed E-state index contributed by atoms with van der Waals surface area (Å²) in [5, 5.41) is 10.7. The Kier molecular flexibility index (Phi) is 4.24. The molecule has 1 aromatic carbocycles. The third-order valence-electron chi connectivity index (χ3n) is 2.74. The molecule has 0 aliphatic heterocycles. The first-order valence-corrected chi connectivity index (χ1v) is 8.11. The standard InChI is InChI=1S/C12H10BrN3O4S/c13-10-5-9(16(17)18)2-1-8(10)7-21(19,20)12-3-4-15-6-11(12)14/h1-6H,7,14H2. The number of hydrogen-bond donors (Lipinski definition) is 1. The number of nitro groups is 1. The molecule has 9 heteroatoms. The van der Waals surface area contributed by atoms with E-state index in [0.717, 1.165) is 0 Å². The highest BCUT2D eigenvalue weighted by Gasteiger charge is 2.20. The van der Waals surface area contributed by atoms with Gasteiger partial charge in [0.25, 0.3) is 5.69 Å². The molecule has 1 aromatic heterocycles. The first-order valence-electron chi connectivity index (χ1n) is 5.66. The number of nitrogens with two attached hydrogens (primary N) is 1.